The maximum atomic E-state index is 10.7. The number of hydrogen-bond donors (Lipinski definition) is 3. The Labute approximate surface area is 84.6 Å². The molecular formula is C9H20N2O3. The minimum absolute atomic E-state index is 0.225. The third kappa shape index (κ3) is 7.97. The van der Waals surface area contributed by atoms with Gasteiger partial charge in [0, 0.05) is 13.0 Å². The molecule has 0 aliphatic heterocycles. The standard InChI is InChI=1S/C9H20N2O3/c1-7(2)5-14-6-8(12)3-4-9(13)11-10/h7-8,12H,3-6,10H2,1-2H3,(H,11,13)/t8-/m1/s1. The van der Waals surface area contributed by atoms with Gasteiger partial charge in [0.15, 0.2) is 0 Å². The predicted molar refractivity (Wildman–Crippen MR) is 53.2 cm³/mol. The fourth-order valence-corrected chi connectivity index (χ4v) is 0.893. The average Bonchev–Trinajstić information content (AvgIpc) is 2.13. The van der Waals surface area contributed by atoms with Crippen LogP contribution in [0.25, 0.3) is 0 Å². The van der Waals surface area contributed by atoms with Crippen molar-refractivity contribution in [3.8, 4) is 0 Å². The van der Waals surface area contributed by atoms with E-state index in [-0.39, 0.29) is 18.9 Å². The maximum Gasteiger partial charge on any atom is 0.233 e. The molecule has 0 aliphatic carbocycles. The van der Waals surface area contributed by atoms with Crippen molar-refractivity contribution in [1.29, 1.82) is 0 Å². The predicted octanol–water partition coefficient (Wildman–Crippen LogP) is -0.210. The molecule has 0 heterocycles. The molecular weight excluding hydrogens is 184 g/mol. The van der Waals surface area contributed by atoms with E-state index in [1.54, 1.807) is 0 Å². The van der Waals surface area contributed by atoms with Crippen molar-refractivity contribution in [3.63, 3.8) is 0 Å². The van der Waals surface area contributed by atoms with Crippen molar-refractivity contribution in [2.24, 2.45) is 11.8 Å². The maximum absolute atomic E-state index is 10.7. The molecule has 0 rings (SSSR count). The summed E-state index contributed by atoms with van der Waals surface area (Å²) >= 11 is 0. The number of hydrazine groups is 1. The summed E-state index contributed by atoms with van der Waals surface area (Å²) in [5.74, 6) is 5.07. The number of carbonyl (C=O) groups excluding carboxylic acids is 1. The van der Waals surface area contributed by atoms with Crippen LogP contribution in [0.4, 0.5) is 0 Å². The Hall–Kier alpha value is -0.650. The Morgan fingerprint density at radius 2 is 2.14 bits per heavy atom. The minimum atomic E-state index is -0.592. The number of nitrogens with two attached hydrogens (primary N) is 1. The van der Waals surface area contributed by atoms with Gasteiger partial charge in [-0.2, -0.15) is 0 Å². The lowest BCUT2D eigenvalue weighted by Crippen LogP contribution is -2.31. The summed E-state index contributed by atoms with van der Waals surface area (Å²) in [6.07, 6.45) is 0.00941. The van der Waals surface area contributed by atoms with Gasteiger partial charge in [-0.15, -0.1) is 0 Å². The second-order valence-electron chi connectivity index (χ2n) is 3.69. The Morgan fingerprint density at radius 3 is 2.64 bits per heavy atom. The summed E-state index contributed by atoms with van der Waals surface area (Å²) in [5, 5.41) is 9.36. The number of hydrogen-bond acceptors (Lipinski definition) is 4. The van der Waals surface area contributed by atoms with Gasteiger partial charge in [-0.3, -0.25) is 10.2 Å². The van der Waals surface area contributed by atoms with E-state index in [4.69, 9.17) is 10.6 Å². The monoisotopic (exact) mass is 204 g/mol. The van der Waals surface area contributed by atoms with E-state index in [0.29, 0.717) is 18.9 Å². The molecule has 0 aromatic rings. The molecule has 0 saturated carbocycles. The Bertz CT molecular complexity index is 162. The van der Waals surface area contributed by atoms with Crippen molar-refractivity contribution in [1.82, 2.24) is 5.43 Å². The molecule has 5 heteroatoms. The summed E-state index contributed by atoms with van der Waals surface area (Å²) in [5.41, 5.74) is 2.00. The molecule has 4 N–H and O–H groups in total. The van der Waals surface area contributed by atoms with Gasteiger partial charge in [-0.1, -0.05) is 13.8 Å². The topological polar surface area (TPSA) is 84.6 Å². The van der Waals surface area contributed by atoms with Crippen LogP contribution in [0.15, 0.2) is 0 Å². The SMILES string of the molecule is CC(C)COC[C@H](O)CCC(=O)NN. The highest BCUT2D eigenvalue weighted by Crippen LogP contribution is 1.99. The van der Waals surface area contributed by atoms with Gasteiger partial charge < -0.3 is 9.84 Å². The first-order valence-electron chi connectivity index (χ1n) is 4.81. The molecule has 0 unspecified atom stereocenters. The lowest BCUT2D eigenvalue weighted by Gasteiger charge is -2.11. The van der Waals surface area contributed by atoms with Gasteiger partial charge in [-0.05, 0) is 12.3 Å². The van der Waals surface area contributed by atoms with Crippen LogP contribution in [0.2, 0.25) is 0 Å². The van der Waals surface area contributed by atoms with Gasteiger partial charge in [0.1, 0.15) is 0 Å². The largest absolute Gasteiger partial charge is 0.391 e. The van der Waals surface area contributed by atoms with Crippen molar-refractivity contribution < 1.29 is 14.6 Å². The molecule has 0 bridgehead atoms. The molecule has 5 nitrogen and oxygen atoms in total. The summed E-state index contributed by atoms with van der Waals surface area (Å²) in [6.45, 7) is 4.97. The second-order valence-corrected chi connectivity index (χ2v) is 3.69. The smallest absolute Gasteiger partial charge is 0.233 e. The Kier molecular flexibility index (Phi) is 7.37. The van der Waals surface area contributed by atoms with Crippen LogP contribution >= 0.6 is 0 Å². The molecule has 0 fully saturated rings. The van der Waals surface area contributed by atoms with E-state index in [1.165, 1.54) is 0 Å². The van der Waals surface area contributed by atoms with E-state index < -0.39 is 6.10 Å². The number of nitrogens with one attached hydrogen (secondary N) is 1. The van der Waals surface area contributed by atoms with Crippen LogP contribution in [0.5, 0.6) is 0 Å². The molecule has 0 aromatic carbocycles. The number of amides is 1. The van der Waals surface area contributed by atoms with E-state index in [2.05, 4.69) is 0 Å². The summed E-state index contributed by atoms with van der Waals surface area (Å²) in [7, 11) is 0. The molecule has 84 valence electrons. The molecule has 0 saturated heterocycles. The highest BCUT2D eigenvalue weighted by atomic mass is 16.5. The van der Waals surface area contributed by atoms with Crippen LogP contribution in [0.3, 0.4) is 0 Å². The van der Waals surface area contributed by atoms with Crippen LogP contribution < -0.4 is 11.3 Å². The molecule has 0 aliphatic rings. The Balaban J connectivity index is 3.36. The first-order chi connectivity index (χ1) is 6.56. The van der Waals surface area contributed by atoms with Crippen LogP contribution in [-0.2, 0) is 9.53 Å². The van der Waals surface area contributed by atoms with Crippen LogP contribution in [0.1, 0.15) is 26.7 Å². The zero-order chi connectivity index (χ0) is 11.0. The average molecular weight is 204 g/mol. The lowest BCUT2D eigenvalue weighted by atomic mass is 10.2. The van der Waals surface area contributed by atoms with Gasteiger partial charge in [-0.25, -0.2) is 5.84 Å². The number of carbonyl (C=O) groups is 1. The molecule has 0 spiro atoms. The quantitative estimate of drug-likeness (QED) is 0.304. The summed E-state index contributed by atoms with van der Waals surface area (Å²) in [4.78, 5) is 10.7. The van der Waals surface area contributed by atoms with E-state index in [0.717, 1.165) is 0 Å². The van der Waals surface area contributed by atoms with Gasteiger partial charge in [0.25, 0.3) is 0 Å². The van der Waals surface area contributed by atoms with E-state index in [9.17, 15) is 9.90 Å². The van der Waals surface area contributed by atoms with E-state index >= 15 is 0 Å². The number of aliphatic hydroxyl groups excluding tert-OH is 1. The Morgan fingerprint density at radius 1 is 1.50 bits per heavy atom. The molecule has 0 aromatic heterocycles. The normalized spacial score (nSPS) is 12.9. The number of aliphatic hydroxyl groups is 1. The highest BCUT2D eigenvalue weighted by molar-refractivity contribution is 5.75. The van der Waals surface area contributed by atoms with Crippen molar-refractivity contribution in [2.45, 2.75) is 32.8 Å². The van der Waals surface area contributed by atoms with Crippen LogP contribution in [0, 0.1) is 5.92 Å². The summed E-state index contributed by atoms with van der Waals surface area (Å²) < 4.78 is 5.21. The fourth-order valence-electron chi connectivity index (χ4n) is 0.893. The van der Waals surface area contributed by atoms with Gasteiger partial charge in [0.2, 0.25) is 5.91 Å². The molecule has 1 atom stereocenters. The zero-order valence-electron chi connectivity index (χ0n) is 8.82. The third-order valence-corrected chi connectivity index (χ3v) is 1.63. The zero-order valence-corrected chi connectivity index (χ0v) is 8.82. The van der Waals surface area contributed by atoms with Gasteiger partial charge >= 0.3 is 0 Å². The third-order valence-electron chi connectivity index (χ3n) is 1.63. The number of rotatable bonds is 7. The summed E-state index contributed by atoms with van der Waals surface area (Å²) in [6, 6.07) is 0. The van der Waals surface area contributed by atoms with Crippen molar-refractivity contribution in [2.75, 3.05) is 13.2 Å². The van der Waals surface area contributed by atoms with E-state index in [1.807, 2.05) is 19.3 Å². The van der Waals surface area contributed by atoms with Crippen molar-refractivity contribution in [3.05, 3.63) is 0 Å². The van der Waals surface area contributed by atoms with Crippen LogP contribution in [-0.4, -0.2) is 30.3 Å². The minimum Gasteiger partial charge on any atom is -0.391 e. The first-order valence-corrected chi connectivity index (χ1v) is 4.81. The second kappa shape index (κ2) is 7.73. The molecule has 1 amide bonds. The highest BCUT2D eigenvalue weighted by Gasteiger charge is 2.07. The first kappa shape index (κ1) is 13.4. The molecule has 0 radical (unpaired) electrons. The number of ether oxygens (including phenoxy) is 1. The van der Waals surface area contributed by atoms with Crippen molar-refractivity contribution >= 4 is 5.91 Å². The lowest BCUT2D eigenvalue weighted by molar-refractivity contribution is -0.121. The fraction of sp³-hybridized carbons (Fsp3) is 0.889. The molecule has 14 heavy (non-hydrogen) atoms. The van der Waals surface area contributed by atoms with Gasteiger partial charge in [0.05, 0.1) is 12.7 Å².